The summed E-state index contributed by atoms with van der Waals surface area (Å²) >= 11 is 6.33. The first-order valence-corrected chi connectivity index (χ1v) is 6.34. The minimum atomic E-state index is 0.188. The van der Waals surface area contributed by atoms with E-state index < -0.39 is 0 Å². The minimum absolute atomic E-state index is 0.188. The lowest BCUT2D eigenvalue weighted by molar-refractivity contribution is 0.405. The van der Waals surface area contributed by atoms with E-state index >= 15 is 0 Å². The van der Waals surface area contributed by atoms with E-state index in [2.05, 4.69) is 4.90 Å². The summed E-state index contributed by atoms with van der Waals surface area (Å²) in [6, 6.07) is 1.64. The molecule has 17 heavy (non-hydrogen) atoms. The molecule has 0 aromatic heterocycles. The molecule has 1 aromatic rings. The van der Waals surface area contributed by atoms with E-state index in [9.17, 15) is 5.11 Å². The Balaban J connectivity index is 2.46. The molecule has 1 heterocycles. The average Bonchev–Trinajstić information content (AvgIpc) is 2.36. The van der Waals surface area contributed by atoms with Crippen molar-refractivity contribution in [3.63, 3.8) is 0 Å². The van der Waals surface area contributed by atoms with Crippen molar-refractivity contribution in [1.82, 2.24) is 0 Å². The van der Waals surface area contributed by atoms with E-state index in [1.807, 2.05) is 6.92 Å². The molecule has 4 heteroatoms. The van der Waals surface area contributed by atoms with Crippen LogP contribution in [0.1, 0.15) is 24.8 Å². The van der Waals surface area contributed by atoms with Gasteiger partial charge in [0.15, 0.2) is 0 Å². The number of halogens is 1. The molecule has 0 aliphatic carbocycles. The van der Waals surface area contributed by atoms with Crippen LogP contribution < -0.4 is 9.64 Å². The fourth-order valence-corrected chi connectivity index (χ4v) is 2.58. The molecule has 2 rings (SSSR count). The highest BCUT2D eigenvalue weighted by Gasteiger charge is 2.21. The Morgan fingerprint density at radius 1 is 1.29 bits per heavy atom. The van der Waals surface area contributed by atoms with Gasteiger partial charge in [-0.05, 0) is 26.2 Å². The zero-order valence-electron chi connectivity index (χ0n) is 10.3. The fourth-order valence-electron chi connectivity index (χ4n) is 2.27. The van der Waals surface area contributed by atoms with E-state index in [-0.39, 0.29) is 5.75 Å². The Hall–Kier alpha value is -1.09. The summed E-state index contributed by atoms with van der Waals surface area (Å²) in [6.07, 6.45) is 3.63. The summed E-state index contributed by atoms with van der Waals surface area (Å²) in [6.45, 7) is 3.82. The first-order valence-electron chi connectivity index (χ1n) is 5.96. The molecule has 0 atom stereocenters. The lowest BCUT2D eigenvalue weighted by atomic mass is 10.1. The van der Waals surface area contributed by atoms with Gasteiger partial charge in [-0.25, -0.2) is 0 Å². The third-order valence-corrected chi connectivity index (χ3v) is 3.78. The van der Waals surface area contributed by atoms with E-state index in [4.69, 9.17) is 16.3 Å². The van der Waals surface area contributed by atoms with E-state index in [1.54, 1.807) is 13.2 Å². The van der Waals surface area contributed by atoms with Gasteiger partial charge in [-0.15, -0.1) is 0 Å². The van der Waals surface area contributed by atoms with Crippen LogP contribution in [0.15, 0.2) is 6.07 Å². The largest absolute Gasteiger partial charge is 0.507 e. The van der Waals surface area contributed by atoms with Crippen molar-refractivity contribution in [3.05, 3.63) is 16.7 Å². The molecule has 0 bridgehead atoms. The molecule has 0 amide bonds. The lowest BCUT2D eigenvalue weighted by Crippen LogP contribution is -2.30. The first kappa shape index (κ1) is 12.4. The number of benzene rings is 1. The number of hydrogen-bond donors (Lipinski definition) is 1. The van der Waals surface area contributed by atoms with Crippen molar-refractivity contribution in [2.75, 3.05) is 25.1 Å². The second kappa shape index (κ2) is 5.05. The van der Waals surface area contributed by atoms with Crippen molar-refractivity contribution in [1.29, 1.82) is 0 Å². The summed E-state index contributed by atoms with van der Waals surface area (Å²) in [5, 5.41) is 10.4. The molecular formula is C13H18ClNO2. The summed E-state index contributed by atoms with van der Waals surface area (Å²) in [5.74, 6) is 0.840. The Bertz CT molecular complexity index is 414. The lowest BCUT2D eigenvalue weighted by Gasteiger charge is -2.31. The summed E-state index contributed by atoms with van der Waals surface area (Å²) in [4.78, 5) is 2.25. The number of nitrogens with zero attached hydrogens (tertiary/aromatic N) is 1. The highest BCUT2D eigenvalue weighted by Crippen LogP contribution is 2.43. The zero-order chi connectivity index (χ0) is 12.4. The molecule has 94 valence electrons. The van der Waals surface area contributed by atoms with Crippen molar-refractivity contribution >= 4 is 17.3 Å². The second-order valence-corrected chi connectivity index (χ2v) is 4.81. The minimum Gasteiger partial charge on any atom is -0.507 e. The van der Waals surface area contributed by atoms with Crippen molar-refractivity contribution in [2.24, 2.45) is 0 Å². The van der Waals surface area contributed by atoms with Crippen molar-refractivity contribution < 1.29 is 9.84 Å². The maximum Gasteiger partial charge on any atom is 0.147 e. The number of phenols is 1. The smallest absolute Gasteiger partial charge is 0.147 e. The molecule has 0 unspecified atom stereocenters. The molecule has 1 aliphatic heterocycles. The molecule has 0 radical (unpaired) electrons. The first-order chi connectivity index (χ1) is 8.15. The van der Waals surface area contributed by atoms with Crippen LogP contribution in [-0.2, 0) is 0 Å². The molecule has 1 N–H and O–H groups in total. The SMILES string of the molecule is COc1cc(O)c(C)c(Cl)c1N1CCCCC1. The van der Waals surface area contributed by atoms with Crippen LogP contribution in [0.25, 0.3) is 0 Å². The second-order valence-electron chi connectivity index (χ2n) is 4.43. The summed E-state index contributed by atoms with van der Waals surface area (Å²) < 4.78 is 5.33. The molecule has 0 spiro atoms. The van der Waals surface area contributed by atoms with Crippen molar-refractivity contribution in [2.45, 2.75) is 26.2 Å². The molecular weight excluding hydrogens is 238 g/mol. The normalized spacial score (nSPS) is 16.1. The monoisotopic (exact) mass is 255 g/mol. The predicted octanol–water partition coefficient (Wildman–Crippen LogP) is 3.35. The maximum atomic E-state index is 9.75. The Kier molecular flexibility index (Phi) is 3.67. The Labute approximate surface area is 107 Å². The highest BCUT2D eigenvalue weighted by atomic mass is 35.5. The third kappa shape index (κ3) is 2.29. The van der Waals surface area contributed by atoms with Gasteiger partial charge < -0.3 is 14.7 Å². The number of piperidine rings is 1. The van der Waals surface area contributed by atoms with Gasteiger partial charge in [0.25, 0.3) is 0 Å². The number of ether oxygens (including phenoxy) is 1. The van der Waals surface area contributed by atoms with Gasteiger partial charge in [0, 0.05) is 24.7 Å². The Morgan fingerprint density at radius 2 is 1.94 bits per heavy atom. The van der Waals surface area contributed by atoms with Crippen LogP contribution >= 0.6 is 11.6 Å². The number of hydrogen-bond acceptors (Lipinski definition) is 3. The van der Waals surface area contributed by atoms with Crippen LogP contribution in [0.3, 0.4) is 0 Å². The number of phenolic OH excluding ortho intramolecular Hbond substituents is 1. The van der Waals surface area contributed by atoms with Gasteiger partial charge in [-0.1, -0.05) is 11.6 Å². The average molecular weight is 256 g/mol. The summed E-state index contributed by atoms with van der Waals surface area (Å²) in [5.41, 5.74) is 1.64. The maximum absolute atomic E-state index is 9.75. The van der Waals surface area contributed by atoms with Gasteiger partial charge in [0.1, 0.15) is 11.5 Å². The van der Waals surface area contributed by atoms with Crippen LogP contribution in [0, 0.1) is 6.92 Å². The van der Waals surface area contributed by atoms with Crippen LogP contribution in [0.5, 0.6) is 11.5 Å². The highest BCUT2D eigenvalue weighted by molar-refractivity contribution is 6.34. The van der Waals surface area contributed by atoms with Gasteiger partial charge in [-0.3, -0.25) is 0 Å². The fraction of sp³-hybridized carbons (Fsp3) is 0.538. The third-order valence-electron chi connectivity index (χ3n) is 3.31. The standard InChI is InChI=1S/C13H18ClNO2/c1-9-10(16)8-11(17-2)13(12(9)14)15-6-4-3-5-7-15/h8,16H,3-7H2,1-2H3. The van der Waals surface area contributed by atoms with E-state index in [0.29, 0.717) is 16.3 Å². The van der Waals surface area contributed by atoms with Crippen LogP contribution in [0.2, 0.25) is 5.02 Å². The molecule has 3 nitrogen and oxygen atoms in total. The number of rotatable bonds is 2. The molecule has 1 saturated heterocycles. The number of aromatic hydroxyl groups is 1. The van der Waals surface area contributed by atoms with Crippen LogP contribution in [-0.4, -0.2) is 25.3 Å². The Morgan fingerprint density at radius 3 is 2.53 bits per heavy atom. The molecule has 1 aliphatic rings. The van der Waals surface area contributed by atoms with E-state index in [1.165, 1.54) is 19.3 Å². The number of anilines is 1. The topological polar surface area (TPSA) is 32.7 Å². The summed E-state index contributed by atoms with van der Waals surface area (Å²) in [7, 11) is 1.61. The molecule has 0 saturated carbocycles. The zero-order valence-corrected chi connectivity index (χ0v) is 11.0. The van der Waals surface area contributed by atoms with Crippen molar-refractivity contribution in [3.8, 4) is 11.5 Å². The predicted molar refractivity (Wildman–Crippen MR) is 70.5 cm³/mol. The van der Waals surface area contributed by atoms with Gasteiger partial charge >= 0.3 is 0 Å². The van der Waals surface area contributed by atoms with Gasteiger partial charge in [0.05, 0.1) is 17.8 Å². The molecule has 1 aromatic carbocycles. The number of methoxy groups -OCH3 is 1. The van der Waals surface area contributed by atoms with Gasteiger partial charge in [0.2, 0.25) is 0 Å². The van der Waals surface area contributed by atoms with Gasteiger partial charge in [-0.2, -0.15) is 0 Å². The van der Waals surface area contributed by atoms with E-state index in [0.717, 1.165) is 18.8 Å². The van der Waals surface area contributed by atoms with Crippen LogP contribution in [0.4, 0.5) is 5.69 Å². The molecule has 1 fully saturated rings. The quantitative estimate of drug-likeness (QED) is 0.880.